The summed E-state index contributed by atoms with van der Waals surface area (Å²) in [5.74, 6) is -1.13. The molecule has 0 aliphatic carbocycles. The van der Waals surface area contributed by atoms with Gasteiger partial charge in [-0.25, -0.2) is 9.82 Å². The van der Waals surface area contributed by atoms with Gasteiger partial charge in [-0.3, -0.25) is 4.79 Å². The zero-order valence-electron chi connectivity index (χ0n) is 10.4. The highest BCUT2D eigenvalue weighted by molar-refractivity contribution is 5.95. The zero-order chi connectivity index (χ0) is 13.7. The Kier molecular flexibility index (Phi) is 4.03. The van der Waals surface area contributed by atoms with Crippen molar-refractivity contribution in [3.8, 4) is 0 Å². The summed E-state index contributed by atoms with van der Waals surface area (Å²) in [6.07, 6.45) is 1.54. The molecule has 2 aromatic carbocycles. The summed E-state index contributed by atoms with van der Waals surface area (Å²) in [7, 11) is 0. The van der Waals surface area contributed by atoms with Crippen molar-refractivity contribution in [2.45, 2.75) is 6.92 Å². The van der Waals surface area contributed by atoms with Crippen LogP contribution < -0.4 is 5.43 Å². The molecule has 19 heavy (non-hydrogen) atoms. The normalized spacial score (nSPS) is 10.6. The van der Waals surface area contributed by atoms with Crippen LogP contribution in [0.15, 0.2) is 53.6 Å². The molecule has 2 rings (SSSR count). The topological polar surface area (TPSA) is 41.5 Å². The Morgan fingerprint density at radius 2 is 1.84 bits per heavy atom. The lowest BCUT2D eigenvalue weighted by Gasteiger charge is -2.01. The molecule has 0 atom stereocenters. The molecule has 3 nitrogen and oxygen atoms in total. The molecular weight excluding hydrogens is 243 g/mol. The van der Waals surface area contributed by atoms with Gasteiger partial charge in [0.1, 0.15) is 5.82 Å². The Labute approximate surface area is 110 Å². The van der Waals surface area contributed by atoms with Crippen LogP contribution in [0.5, 0.6) is 0 Å². The van der Waals surface area contributed by atoms with Crippen LogP contribution in [0.25, 0.3) is 0 Å². The Bertz CT molecular complexity index is 623. The van der Waals surface area contributed by atoms with Gasteiger partial charge in [0.2, 0.25) is 0 Å². The van der Waals surface area contributed by atoms with Crippen molar-refractivity contribution in [3.63, 3.8) is 0 Å². The molecule has 0 unspecified atom stereocenters. The number of benzene rings is 2. The largest absolute Gasteiger partial charge is 0.274 e. The van der Waals surface area contributed by atoms with Gasteiger partial charge in [-0.1, -0.05) is 36.4 Å². The first-order valence-electron chi connectivity index (χ1n) is 5.82. The van der Waals surface area contributed by atoms with Gasteiger partial charge in [0.15, 0.2) is 0 Å². The molecule has 0 heterocycles. The average molecular weight is 256 g/mol. The van der Waals surface area contributed by atoms with E-state index in [9.17, 15) is 9.18 Å². The number of carbonyl (C=O) groups excluding carboxylic acids is 1. The van der Waals surface area contributed by atoms with Gasteiger partial charge >= 0.3 is 0 Å². The first kappa shape index (κ1) is 13.0. The van der Waals surface area contributed by atoms with Crippen LogP contribution >= 0.6 is 0 Å². The molecule has 0 aliphatic rings. The summed E-state index contributed by atoms with van der Waals surface area (Å²) >= 11 is 0. The van der Waals surface area contributed by atoms with Gasteiger partial charge < -0.3 is 0 Å². The number of nitrogens with one attached hydrogen (secondary N) is 1. The van der Waals surface area contributed by atoms with E-state index >= 15 is 0 Å². The Morgan fingerprint density at radius 1 is 1.16 bits per heavy atom. The lowest BCUT2D eigenvalue weighted by atomic mass is 10.1. The number of aryl methyl sites for hydroxylation is 1. The number of nitrogens with zero attached hydrogens (tertiary/aromatic N) is 1. The molecule has 96 valence electrons. The number of hydrogen-bond donors (Lipinski definition) is 1. The average Bonchev–Trinajstić information content (AvgIpc) is 2.41. The molecule has 0 saturated carbocycles. The van der Waals surface area contributed by atoms with Crippen molar-refractivity contribution in [2.24, 2.45) is 5.10 Å². The number of amides is 1. The maximum absolute atomic E-state index is 13.3. The van der Waals surface area contributed by atoms with E-state index in [1.165, 1.54) is 24.4 Å². The van der Waals surface area contributed by atoms with Gasteiger partial charge in [-0.15, -0.1) is 0 Å². The van der Waals surface area contributed by atoms with Crippen molar-refractivity contribution in [2.75, 3.05) is 0 Å². The quantitative estimate of drug-likeness (QED) is 0.665. The molecule has 0 aromatic heterocycles. The standard InChI is InChI=1S/C15H13FN2O/c1-11-6-2-3-7-12(11)10-17-18-15(19)13-8-4-5-9-14(13)16/h2-10H,1H3,(H,18,19). The van der Waals surface area contributed by atoms with Crippen molar-refractivity contribution in [1.29, 1.82) is 0 Å². The molecule has 2 aromatic rings. The molecule has 1 amide bonds. The van der Waals surface area contributed by atoms with Crippen LogP contribution in [0.2, 0.25) is 0 Å². The SMILES string of the molecule is Cc1ccccc1C=NNC(=O)c1ccccc1F. The van der Waals surface area contributed by atoms with Crippen molar-refractivity contribution >= 4 is 12.1 Å². The molecule has 0 fully saturated rings. The van der Waals surface area contributed by atoms with E-state index in [0.29, 0.717) is 0 Å². The highest BCUT2D eigenvalue weighted by Crippen LogP contribution is 2.06. The zero-order valence-corrected chi connectivity index (χ0v) is 10.4. The minimum atomic E-state index is -0.567. The number of carbonyl (C=O) groups is 1. The third-order valence-electron chi connectivity index (χ3n) is 2.68. The van der Waals surface area contributed by atoms with Crippen molar-refractivity contribution in [3.05, 3.63) is 71.0 Å². The number of halogens is 1. The van der Waals surface area contributed by atoms with E-state index < -0.39 is 11.7 Å². The van der Waals surface area contributed by atoms with Crippen LogP contribution in [0.3, 0.4) is 0 Å². The summed E-state index contributed by atoms with van der Waals surface area (Å²) in [4.78, 5) is 11.7. The van der Waals surface area contributed by atoms with Crippen LogP contribution in [-0.4, -0.2) is 12.1 Å². The minimum Gasteiger partial charge on any atom is -0.267 e. The molecule has 0 radical (unpaired) electrons. The fourth-order valence-corrected chi connectivity index (χ4v) is 1.60. The smallest absolute Gasteiger partial charge is 0.267 e. The van der Waals surface area contributed by atoms with E-state index in [2.05, 4.69) is 10.5 Å². The lowest BCUT2D eigenvalue weighted by Crippen LogP contribution is -2.19. The van der Waals surface area contributed by atoms with Gasteiger partial charge in [-0.2, -0.15) is 5.10 Å². The maximum atomic E-state index is 13.3. The summed E-state index contributed by atoms with van der Waals surface area (Å²) in [6.45, 7) is 1.94. The van der Waals surface area contributed by atoms with Crippen LogP contribution in [-0.2, 0) is 0 Å². The third kappa shape index (κ3) is 3.25. The number of rotatable bonds is 3. The summed E-state index contributed by atoms with van der Waals surface area (Å²) in [5, 5.41) is 3.83. The third-order valence-corrected chi connectivity index (χ3v) is 2.68. The van der Waals surface area contributed by atoms with Gasteiger partial charge in [0, 0.05) is 0 Å². The Hall–Kier alpha value is -2.49. The molecule has 4 heteroatoms. The molecule has 0 aliphatic heterocycles. The first-order chi connectivity index (χ1) is 9.18. The van der Waals surface area contributed by atoms with Gasteiger partial charge in [0.05, 0.1) is 11.8 Å². The van der Waals surface area contributed by atoms with E-state index in [1.807, 2.05) is 31.2 Å². The summed E-state index contributed by atoms with van der Waals surface area (Å²) in [6, 6.07) is 13.4. The van der Waals surface area contributed by atoms with Crippen LogP contribution in [0.1, 0.15) is 21.5 Å². The molecule has 0 saturated heterocycles. The highest BCUT2D eigenvalue weighted by atomic mass is 19.1. The fraction of sp³-hybridized carbons (Fsp3) is 0.0667. The van der Waals surface area contributed by atoms with Crippen molar-refractivity contribution in [1.82, 2.24) is 5.43 Å². The first-order valence-corrected chi connectivity index (χ1v) is 5.82. The lowest BCUT2D eigenvalue weighted by molar-refractivity contribution is 0.0951. The maximum Gasteiger partial charge on any atom is 0.274 e. The predicted octanol–water partition coefficient (Wildman–Crippen LogP) is 2.90. The second-order valence-corrected chi connectivity index (χ2v) is 4.04. The van der Waals surface area contributed by atoms with Gasteiger partial charge in [0.25, 0.3) is 5.91 Å². The predicted molar refractivity (Wildman–Crippen MR) is 72.6 cm³/mol. The fourth-order valence-electron chi connectivity index (χ4n) is 1.60. The second-order valence-electron chi connectivity index (χ2n) is 4.04. The van der Waals surface area contributed by atoms with Crippen molar-refractivity contribution < 1.29 is 9.18 Å². The molecule has 0 bridgehead atoms. The second kappa shape index (κ2) is 5.91. The van der Waals surface area contributed by atoms with E-state index in [1.54, 1.807) is 6.07 Å². The van der Waals surface area contributed by atoms with E-state index in [0.717, 1.165) is 11.1 Å². The molecule has 0 spiro atoms. The summed E-state index contributed by atoms with van der Waals surface area (Å²) in [5.41, 5.74) is 4.23. The van der Waals surface area contributed by atoms with Crippen LogP contribution in [0.4, 0.5) is 4.39 Å². The van der Waals surface area contributed by atoms with Gasteiger partial charge in [-0.05, 0) is 30.2 Å². The summed E-state index contributed by atoms with van der Waals surface area (Å²) < 4.78 is 13.3. The molecular formula is C15H13FN2O. The monoisotopic (exact) mass is 256 g/mol. The highest BCUT2D eigenvalue weighted by Gasteiger charge is 2.08. The van der Waals surface area contributed by atoms with E-state index in [-0.39, 0.29) is 5.56 Å². The van der Waals surface area contributed by atoms with E-state index in [4.69, 9.17) is 0 Å². The Balaban J connectivity index is 2.06. The van der Waals surface area contributed by atoms with Crippen LogP contribution in [0, 0.1) is 12.7 Å². The molecule has 1 N–H and O–H groups in total. The minimum absolute atomic E-state index is 0.0237. The Morgan fingerprint density at radius 3 is 2.58 bits per heavy atom. The number of hydrazone groups is 1. The number of hydrogen-bond acceptors (Lipinski definition) is 2.